The minimum absolute atomic E-state index is 0.260. The summed E-state index contributed by atoms with van der Waals surface area (Å²) in [5.41, 5.74) is 4.68. The zero-order valence-corrected chi connectivity index (χ0v) is 20.6. The van der Waals surface area contributed by atoms with Gasteiger partial charge in [-0.05, 0) is 50.6 Å². The van der Waals surface area contributed by atoms with E-state index in [0.29, 0.717) is 23.1 Å². The summed E-state index contributed by atoms with van der Waals surface area (Å²) in [6.07, 6.45) is 9.15. The van der Waals surface area contributed by atoms with Gasteiger partial charge in [0.2, 0.25) is 0 Å². The highest BCUT2D eigenvalue weighted by atomic mass is 35.5. The number of aliphatic imine (C=N–C) groups is 1. The van der Waals surface area contributed by atoms with Gasteiger partial charge in [0, 0.05) is 37.8 Å². The van der Waals surface area contributed by atoms with Crippen molar-refractivity contribution < 1.29 is 4.74 Å². The lowest BCUT2D eigenvalue weighted by Gasteiger charge is -2.33. The number of hydrogen-bond donors (Lipinski definition) is 1. The van der Waals surface area contributed by atoms with Crippen molar-refractivity contribution in [3.63, 3.8) is 0 Å². The molecule has 1 aromatic heterocycles. The molecule has 2 aliphatic heterocycles. The molecule has 176 valence electrons. The number of anilines is 2. The third kappa shape index (κ3) is 4.86. The average Bonchev–Trinajstić information content (AvgIpc) is 3.42. The summed E-state index contributed by atoms with van der Waals surface area (Å²) in [7, 11) is 2.14. The molecule has 0 saturated carbocycles. The Hall–Kier alpha value is -3.16. The molecule has 3 heterocycles. The van der Waals surface area contributed by atoms with Gasteiger partial charge in [0.05, 0.1) is 11.6 Å². The molecule has 0 atom stereocenters. The maximum Gasteiger partial charge on any atom is 0.325 e. The van der Waals surface area contributed by atoms with Gasteiger partial charge in [-0.3, -0.25) is 4.99 Å². The van der Waals surface area contributed by atoms with E-state index in [-0.39, 0.29) is 6.01 Å². The van der Waals surface area contributed by atoms with Crippen molar-refractivity contribution in [2.24, 2.45) is 4.99 Å². The summed E-state index contributed by atoms with van der Waals surface area (Å²) in [6, 6.07) is 6.18. The SMILES string of the molecule is C/C=C\C1=CC(Nc2cc(N3CCN(C)CC3)nc(Oc3ccc4c(c3Cl)C=C(C)C4)n2)=NC1. The molecular formula is C26H29ClN6O. The number of benzene rings is 1. The Labute approximate surface area is 205 Å². The van der Waals surface area contributed by atoms with Crippen molar-refractivity contribution in [1.29, 1.82) is 0 Å². The number of rotatable bonds is 5. The number of hydrogen-bond acceptors (Lipinski definition) is 7. The number of allylic oxidation sites excluding steroid dienone is 2. The van der Waals surface area contributed by atoms with Crippen LogP contribution in [0.5, 0.6) is 11.8 Å². The van der Waals surface area contributed by atoms with Gasteiger partial charge in [-0.25, -0.2) is 0 Å². The second kappa shape index (κ2) is 9.60. The Kier molecular flexibility index (Phi) is 6.39. The first kappa shape index (κ1) is 22.6. The maximum absolute atomic E-state index is 6.71. The Morgan fingerprint density at radius 3 is 2.74 bits per heavy atom. The monoisotopic (exact) mass is 476 g/mol. The summed E-state index contributed by atoms with van der Waals surface area (Å²) < 4.78 is 6.16. The van der Waals surface area contributed by atoms with Crippen LogP contribution in [-0.2, 0) is 6.42 Å². The second-order valence-electron chi connectivity index (χ2n) is 8.95. The van der Waals surface area contributed by atoms with Crippen molar-refractivity contribution >= 4 is 35.1 Å². The van der Waals surface area contributed by atoms with E-state index < -0.39 is 0 Å². The van der Waals surface area contributed by atoms with Crippen LogP contribution in [-0.4, -0.2) is 60.5 Å². The van der Waals surface area contributed by atoms with E-state index in [2.05, 4.69) is 57.3 Å². The zero-order chi connectivity index (χ0) is 23.7. The number of ether oxygens (including phenoxy) is 1. The first-order valence-corrected chi connectivity index (χ1v) is 12.0. The van der Waals surface area contributed by atoms with Gasteiger partial charge in [0.1, 0.15) is 23.2 Å². The fraction of sp³-hybridized carbons (Fsp3) is 0.346. The van der Waals surface area contributed by atoms with Crippen molar-refractivity contribution in [2.45, 2.75) is 20.3 Å². The lowest BCUT2D eigenvalue weighted by Crippen LogP contribution is -2.44. The fourth-order valence-electron chi connectivity index (χ4n) is 4.38. The predicted molar refractivity (Wildman–Crippen MR) is 139 cm³/mol. The summed E-state index contributed by atoms with van der Waals surface area (Å²) in [5, 5.41) is 3.93. The molecule has 0 spiro atoms. The summed E-state index contributed by atoms with van der Waals surface area (Å²) in [6.45, 7) is 8.51. The molecule has 0 bridgehead atoms. The molecule has 1 fully saturated rings. The van der Waals surface area contributed by atoms with Gasteiger partial charge in [-0.2, -0.15) is 9.97 Å². The van der Waals surface area contributed by atoms with E-state index in [1.807, 2.05) is 31.2 Å². The molecule has 0 amide bonds. The molecule has 0 radical (unpaired) electrons. The highest BCUT2D eigenvalue weighted by molar-refractivity contribution is 6.33. The molecule has 7 nitrogen and oxygen atoms in total. The van der Waals surface area contributed by atoms with Crippen molar-refractivity contribution in [2.75, 3.05) is 50.0 Å². The number of halogens is 1. The van der Waals surface area contributed by atoms with Gasteiger partial charge in [0.25, 0.3) is 0 Å². The number of aromatic nitrogens is 2. The molecule has 2 aromatic rings. The normalized spacial score (nSPS) is 18.1. The largest absolute Gasteiger partial charge is 0.423 e. The van der Waals surface area contributed by atoms with Crippen LogP contribution in [0, 0.1) is 0 Å². The van der Waals surface area contributed by atoms with Crippen LogP contribution in [0.15, 0.2) is 52.6 Å². The molecule has 8 heteroatoms. The fourth-order valence-corrected chi connectivity index (χ4v) is 4.66. The van der Waals surface area contributed by atoms with Crippen LogP contribution in [0.25, 0.3) is 6.08 Å². The van der Waals surface area contributed by atoms with E-state index in [1.54, 1.807) is 0 Å². The van der Waals surface area contributed by atoms with Gasteiger partial charge < -0.3 is 19.9 Å². The predicted octanol–water partition coefficient (Wildman–Crippen LogP) is 4.96. The third-order valence-electron chi connectivity index (χ3n) is 6.21. The summed E-state index contributed by atoms with van der Waals surface area (Å²) >= 11 is 6.71. The molecule has 1 N–H and O–H groups in total. The highest BCUT2D eigenvalue weighted by Gasteiger charge is 2.21. The molecule has 0 unspecified atom stereocenters. The Balaban J connectivity index is 1.45. The van der Waals surface area contributed by atoms with Crippen molar-refractivity contribution in [3.8, 4) is 11.8 Å². The summed E-state index contributed by atoms with van der Waals surface area (Å²) in [5.74, 6) is 2.80. The quantitative estimate of drug-likeness (QED) is 0.658. The first-order chi connectivity index (χ1) is 16.5. The van der Waals surface area contributed by atoms with Gasteiger partial charge in [-0.1, -0.05) is 41.5 Å². The molecular weight excluding hydrogens is 448 g/mol. The number of fused-ring (bicyclic) bond motifs is 1. The minimum Gasteiger partial charge on any atom is -0.423 e. The van der Waals surface area contributed by atoms with E-state index in [4.69, 9.17) is 21.3 Å². The minimum atomic E-state index is 0.260. The first-order valence-electron chi connectivity index (χ1n) is 11.6. The lowest BCUT2D eigenvalue weighted by atomic mass is 10.1. The molecule has 1 saturated heterocycles. The van der Waals surface area contributed by atoms with E-state index in [0.717, 1.165) is 55.4 Å². The zero-order valence-electron chi connectivity index (χ0n) is 19.8. The standard InChI is InChI=1S/C26H29ClN6O/c1-4-5-18-14-22(28-16-18)29-23-15-24(33-10-8-32(3)9-11-33)31-26(30-23)34-21-7-6-19-12-17(2)13-20(19)25(21)27/h4-7,13-15H,8-12,16H2,1-3H3,(H,28,29,30,31)/b5-4-. The van der Waals surface area contributed by atoms with Gasteiger partial charge in [-0.15, -0.1) is 0 Å². The maximum atomic E-state index is 6.71. The number of nitrogens with zero attached hydrogens (tertiary/aromatic N) is 5. The molecule has 3 aliphatic rings. The number of piperazine rings is 1. The van der Waals surface area contributed by atoms with Crippen LogP contribution in [0.2, 0.25) is 5.02 Å². The Morgan fingerprint density at radius 2 is 1.94 bits per heavy atom. The Morgan fingerprint density at radius 1 is 1.12 bits per heavy atom. The number of nitrogens with one attached hydrogen (secondary N) is 1. The molecule has 1 aliphatic carbocycles. The van der Waals surface area contributed by atoms with Crippen LogP contribution in [0.1, 0.15) is 25.0 Å². The summed E-state index contributed by atoms with van der Waals surface area (Å²) in [4.78, 5) is 18.5. The topological polar surface area (TPSA) is 65.9 Å². The smallest absolute Gasteiger partial charge is 0.325 e. The molecule has 5 rings (SSSR count). The van der Waals surface area contributed by atoms with Gasteiger partial charge >= 0.3 is 6.01 Å². The van der Waals surface area contributed by atoms with Crippen molar-refractivity contribution in [1.82, 2.24) is 14.9 Å². The lowest BCUT2D eigenvalue weighted by molar-refractivity contribution is 0.311. The number of amidine groups is 1. The number of likely N-dealkylation sites (N-methyl/N-ethyl adjacent to an activating group) is 1. The second-order valence-corrected chi connectivity index (χ2v) is 9.33. The van der Waals surface area contributed by atoms with Crippen molar-refractivity contribution in [3.05, 3.63) is 63.7 Å². The van der Waals surface area contributed by atoms with Gasteiger partial charge in [0.15, 0.2) is 0 Å². The molecule has 1 aromatic carbocycles. The average molecular weight is 477 g/mol. The van der Waals surface area contributed by atoms with Crippen LogP contribution in [0.3, 0.4) is 0 Å². The van der Waals surface area contributed by atoms with E-state index >= 15 is 0 Å². The van der Waals surface area contributed by atoms with Crippen LogP contribution >= 0.6 is 11.6 Å². The molecule has 34 heavy (non-hydrogen) atoms. The third-order valence-corrected chi connectivity index (χ3v) is 6.60. The Bertz CT molecular complexity index is 1220. The van der Waals surface area contributed by atoms with Crippen LogP contribution in [0.4, 0.5) is 11.6 Å². The van der Waals surface area contributed by atoms with E-state index in [1.165, 1.54) is 11.1 Å². The van der Waals surface area contributed by atoms with Crippen LogP contribution < -0.4 is 15.0 Å². The highest BCUT2D eigenvalue weighted by Crippen LogP contribution is 2.38. The van der Waals surface area contributed by atoms with E-state index in [9.17, 15) is 0 Å².